The second-order valence-corrected chi connectivity index (χ2v) is 10.4. The van der Waals surface area contributed by atoms with E-state index in [1.165, 1.54) is 38.5 Å². The highest BCUT2D eigenvalue weighted by Crippen LogP contribution is 2.60. The number of hydrogen-bond acceptors (Lipinski definition) is 7. The zero-order valence-corrected chi connectivity index (χ0v) is 16.6. The highest BCUT2D eigenvalue weighted by atomic mass is 32.2. The minimum atomic E-state index is 0.167. The van der Waals surface area contributed by atoms with Gasteiger partial charge in [-0.1, -0.05) is 17.8 Å². The Bertz CT molecular complexity index is 911. The minimum Gasteiger partial charge on any atom is -0.444 e. The third-order valence-electron chi connectivity index (χ3n) is 6.53. The Labute approximate surface area is 166 Å². The maximum atomic E-state index is 6.15. The Hall–Kier alpha value is -1.60. The van der Waals surface area contributed by atoms with Crippen LogP contribution in [-0.2, 0) is 11.2 Å². The molecule has 7 heteroatoms. The van der Waals surface area contributed by atoms with E-state index in [4.69, 9.17) is 8.83 Å². The third-order valence-corrected chi connectivity index (χ3v) is 8.24. The summed E-state index contributed by atoms with van der Waals surface area (Å²) in [5, 5.41) is 11.5. The van der Waals surface area contributed by atoms with E-state index >= 15 is 0 Å². The molecule has 0 aliphatic heterocycles. The smallest absolute Gasteiger partial charge is 0.276 e. The fourth-order valence-electron chi connectivity index (χ4n) is 5.88. The molecule has 4 saturated carbocycles. The van der Waals surface area contributed by atoms with E-state index in [1.807, 2.05) is 17.5 Å². The fraction of sp³-hybridized carbons (Fsp3) is 0.550. The molecule has 4 fully saturated rings. The average molecular weight is 400 g/mol. The van der Waals surface area contributed by atoms with Crippen molar-refractivity contribution >= 4 is 23.1 Å². The predicted octanol–water partition coefficient (Wildman–Crippen LogP) is 5.55. The summed E-state index contributed by atoms with van der Waals surface area (Å²) in [4.78, 5) is 5.61. The molecule has 0 N–H and O–H groups in total. The third kappa shape index (κ3) is 2.86. The van der Waals surface area contributed by atoms with Crippen LogP contribution in [0.5, 0.6) is 0 Å². The summed E-state index contributed by atoms with van der Waals surface area (Å²) in [5.74, 6) is 4.89. The summed E-state index contributed by atoms with van der Waals surface area (Å²) < 4.78 is 11.7. The molecule has 4 aliphatic carbocycles. The van der Waals surface area contributed by atoms with Crippen LogP contribution in [0.3, 0.4) is 0 Å². The van der Waals surface area contributed by atoms with E-state index < -0.39 is 0 Å². The summed E-state index contributed by atoms with van der Waals surface area (Å²) in [6.45, 7) is 0. The second-order valence-electron chi connectivity index (χ2n) is 8.48. The quantitative estimate of drug-likeness (QED) is 0.524. The van der Waals surface area contributed by atoms with Gasteiger partial charge in [0.05, 0.1) is 10.6 Å². The Morgan fingerprint density at radius 2 is 1.89 bits per heavy atom. The van der Waals surface area contributed by atoms with Crippen LogP contribution in [0.25, 0.3) is 10.8 Å². The average Bonchev–Trinajstić information content (AvgIpc) is 3.39. The predicted molar refractivity (Wildman–Crippen MR) is 104 cm³/mol. The van der Waals surface area contributed by atoms with Gasteiger partial charge in [-0.15, -0.1) is 21.5 Å². The van der Waals surface area contributed by atoms with Crippen LogP contribution in [0, 0.1) is 17.8 Å². The van der Waals surface area contributed by atoms with E-state index in [0.717, 1.165) is 34.2 Å². The topological polar surface area (TPSA) is 65.0 Å². The Morgan fingerprint density at radius 3 is 2.59 bits per heavy atom. The first-order chi connectivity index (χ1) is 13.3. The number of rotatable bonds is 5. The molecule has 3 heterocycles. The first-order valence-electron chi connectivity index (χ1n) is 9.71. The van der Waals surface area contributed by atoms with Crippen LogP contribution in [0.15, 0.2) is 37.8 Å². The molecule has 0 radical (unpaired) electrons. The van der Waals surface area contributed by atoms with Crippen LogP contribution in [0.4, 0.5) is 0 Å². The van der Waals surface area contributed by atoms with Crippen LogP contribution in [-0.4, -0.2) is 15.2 Å². The molecular weight excluding hydrogens is 378 g/mol. The molecule has 0 saturated heterocycles. The summed E-state index contributed by atoms with van der Waals surface area (Å²) >= 11 is 3.18. The fourth-order valence-corrected chi connectivity index (χ4v) is 7.17. The van der Waals surface area contributed by atoms with Crippen LogP contribution in [0.2, 0.25) is 0 Å². The standard InChI is InChI=1S/C20H21N3O2S2/c1-2-16(26-3-1)17-21-15(10-24-17)11-27-19-23-22-18(25-19)20-7-12-4-13(8-20)6-14(5-12)9-20/h1-3,10,12-14H,4-9,11H2. The van der Waals surface area contributed by atoms with Gasteiger partial charge in [0.15, 0.2) is 0 Å². The van der Waals surface area contributed by atoms with E-state index in [1.54, 1.807) is 29.4 Å². The Morgan fingerprint density at radius 1 is 1.11 bits per heavy atom. The first kappa shape index (κ1) is 16.4. The number of thiophene rings is 1. The van der Waals surface area contributed by atoms with Crippen molar-refractivity contribution in [3.8, 4) is 10.8 Å². The zero-order valence-electron chi connectivity index (χ0n) is 15.0. The van der Waals surface area contributed by atoms with Crippen molar-refractivity contribution < 1.29 is 8.83 Å². The molecular formula is C20H21N3O2S2. The SMILES string of the molecule is c1csc(-c2nc(CSc3nnc(C45CC6CC(CC(C6)C4)C5)o3)co2)c1. The minimum absolute atomic E-state index is 0.167. The molecule has 4 aliphatic rings. The number of nitrogens with zero attached hydrogens (tertiary/aromatic N) is 3. The van der Waals surface area contributed by atoms with Gasteiger partial charge in [0.1, 0.15) is 6.26 Å². The molecule has 4 bridgehead atoms. The molecule has 7 rings (SSSR count). The molecule has 27 heavy (non-hydrogen) atoms. The summed E-state index contributed by atoms with van der Waals surface area (Å²) in [7, 11) is 0. The number of hydrogen-bond donors (Lipinski definition) is 0. The van der Waals surface area contributed by atoms with E-state index in [-0.39, 0.29) is 5.41 Å². The van der Waals surface area contributed by atoms with Gasteiger partial charge in [-0.25, -0.2) is 4.98 Å². The second kappa shape index (κ2) is 6.21. The van der Waals surface area contributed by atoms with Crippen LogP contribution in [0.1, 0.15) is 50.1 Å². The van der Waals surface area contributed by atoms with Crippen molar-refractivity contribution in [1.82, 2.24) is 15.2 Å². The molecule has 0 spiro atoms. The number of aromatic nitrogens is 3. The zero-order chi connectivity index (χ0) is 17.8. The highest BCUT2D eigenvalue weighted by molar-refractivity contribution is 7.98. The largest absolute Gasteiger partial charge is 0.444 e. The van der Waals surface area contributed by atoms with Crippen LogP contribution >= 0.6 is 23.1 Å². The van der Waals surface area contributed by atoms with Gasteiger partial charge in [0.2, 0.25) is 11.8 Å². The van der Waals surface area contributed by atoms with E-state index in [0.29, 0.717) is 16.9 Å². The lowest BCUT2D eigenvalue weighted by atomic mass is 9.49. The Balaban J connectivity index is 1.16. The molecule has 140 valence electrons. The molecule has 5 nitrogen and oxygen atoms in total. The lowest BCUT2D eigenvalue weighted by Gasteiger charge is -2.55. The van der Waals surface area contributed by atoms with E-state index in [2.05, 4.69) is 15.2 Å². The van der Waals surface area contributed by atoms with Crippen molar-refractivity contribution in [1.29, 1.82) is 0 Å². The summed E-state index contributed by atoms with van der Waals surface area (Å²) in [5.41, 5.74) is 1.07. The molecule has 0 unspecified atom stereocenters. The monoisotopic (exact) mass is 399 g/mol. The lowest BCUT2D eigenvalue weighted by Crippen LogP contribution is -2.48. The maximum Gasteiger partial charge on any atom is 0.276 e. The van der Waals surface area contributed by atoms with Crippen molar-refractivity contribution in [3.63, 3.8) is 0 Å². The van der Waals surface area contributed by atoms with Gasteiger partial charge in [-0.2, -0.15) is 0 Å². The molecule has 3 aromatic heterocycles. The number of thioether (sulfide) groups is 1. The van der Waals surface area contributed by atoms with Crippen molar-refractivity contribution in [2.75, 3.05) is 0 Å². The van der Waals surface area contributed by atoms with E-state index in [9.17, 15) is 0 Å². The van der Waals surface area contributed by atoms with Gasteiger partial charge in [-0.05, 0) is 67.7 Å². The lowest BCUT2D eigenvalue weighted by molar-refractivity contribution is -0.0191. The van der Waals surface area contributed by atoms with Gasteiger partial charge >= 0.3 is 0 Å². The molecule has 0 amide bonds. The summed E-state index contributed by atoms with van der Waals surface area (Å²) in [6, 6.07) is 4.02. The van der Waals surface area contributed by atoms with Gasteiger partial charge < -0.3 is 8.83 Å². The van der Waals surface area contributed by atoms with Crippen molar-refractivity contribution in [2.45, 2.75) is 54.9 Å². The van der Waals surface area contributed by atoms with Crippen LogP contribution < -0.4 is 0 Å². The number of oxazole rings is 1. The molecule has 0 aromatic carbocycles. The first-order valence-corrected chi connectivity index (χ1v) is 11.6. The van der Waals surface area contributed by atoms with Crippen molar-refractivity contribution in [3.05, 3.63) is 35.4 Å². The highest BCUT2D eigenvalue weighted by Gasteiger charge is 2.54. The summed E-state index contributed by atoms with van der Waals surface area (Å²) in [6.07, 6.45) is 9.74. The molecule has 0 atom stereocenters. The van der Waals surface area contributed by atoms with Gasteiger partial charge in [0, 0.05) is 11.2 Å². The van der Waals surface area contributed by atoms with Gasteiger partial charge in [-0.3, -0.25) is 0 Å². The normalized spacial score (nSPS) is 31.6. The maximum absolute atomic E-state index is 6.15. The molecule has 3 aromatic rings. The Kier molecular flexibility index (Phi) is 3.76. The van der Waals surface area contributed by atoms with Gasteiger partial charge in [0.25, 0.3) is 5.22 Å². The van der Waals surface area contributed by atoms with Crippen molar-refractivity contribution in [2.24, 2.45) is 17.8 Å².